The third kappa shape index (κ3) is 3.62. The molecule has 1 aromatic carbocycles. The van der Waals surface area contributed by atoms with Crippen LogP contribution < -0.4 is 15.8 Å². The molecule has 134 valence electrons. The zero-order valence-corrected chi connectivity index (χ0v) is 14.0. The van der Waals surface area contributed by atoms with Crippen molar-refractivity contribution < 1.29 is 36.6 Å². The number of hydrogen-bond acceptors (Lipinski definition) is 3. The highest BCUT2D eigenvalue weighted by atomic mass is 35.5. The molecule has 2 atom stereocenters. The first-order valence-corrected chi connectivity index (χ1v) is 8.12. The fourth-order valence-electron chi connectivity index (χ4n) is 2.05. The van der Waals surface area contributed by atoms with E-state index < -0.39 is 54.8 Å². The van der Waals surface area contributed by atoms with Crippen LogP contribution in [0.5, 0.6) is 0 Å². The summed E-state index contributed by atoms with van der Waals surface area (Å²) in [5.41, 5.74) is 0.435. The first-order chi connectivity index (χ1) is 11.5. The monoisotopic (exact) mass is 420 g/mol. The standard InChI is InChI=1S/C12H5Cl2F5N4OS/c13-5-1-4(12(17,18)19)2-6(14)8(5)23-10(21)9(7(3-20)22-23)25(24)11(15)16/h1-2,11,21-22H/p+2. The number of alkyl halides is 5. The zero-order chi connectivity index (χ0) is 19.1. The number of nitrogens with zero attached hydrogens (tertiary/aromatic N) is 1. The Bertz CT molecular complexity index is 826. The number of amidine groups is 1. The molecule has 4 N–H and O–H groups in total. The lowest BCUT2D eigenvalue weighted by Gasteiger charge is -2.14. The molecule has 0 aromatic heterocycles. The van der Waals surface area contributed by atoms with Gasteiger partial charge in [0.1, 0.15) is 26.9 Å². The van der Waals surface area contributed by atoms with Crippen LogP contribution in [0.2, 0.25) is 10.0 Å². The molecule has 0 radical (unpaired) electrons. The summed E-state index contributed by atoms with van der Waals surface area (Å²) in [6.07, 6.45) is -4.72. The van der Waals surface area contributed by atoms with E-state index in [4.69, 9.17) is 33.9 Å². The minimum Gasteiger partial charge on any atom is -0.248 e. The van der Waals surface area contributed by atoms with E-state index in [0.717, 1.165) is 0 Å². The molecule has 13 heteroatoms. The first-order valence-electron chi connectivity index (χ1n) is 6.15. The fourth-order valence-corrected chi connectivity index (χ4v) is 3.52. The van der Waals surface area contributed by atoms with E-state index in [-0.39, 0.29) is 10.7 Å². The van der Waals surface area contributed by atoms with E-state index in [2.05, 4.69) is 5.43 Å². The lowest BCUT2D eigenvalue weighted by molar-refractivity contribution is -0.787. The summed E-state index contributed by atoms with van der Waals surface area (Å²) < 4.78 is 75.3. The van der Waals surface area contributed by atoms with Gasteiger partial charge in [-0.2, -0.15) is 27.2 Å². The summed E-state index contributed by atoms with van der Waals surface area (Å²) >= 11 is 11.7. The van der Waals surface area contributed by atoms with Crippen LogP contribution in [0.25, 0.3) is 0 Å². The van der Waals surface area contributed by atoms with Gasteiger partial charge in [0, 0.05) is 0 Å². The van der Waals surface area contributed by atoms with Crippen molar-refractivity contribution >= 4 is 45.5 Å². The Hall–Kier alpha value is -1.74. The van der Waals surface area contributed by atoms with Crippen LogP contribution in [0.15, 0.2) is 22.7 Å². The normalized spacial score (nSPS) is 19.2. The van der Waals surface area contributed by atoms with Crippen molar-refractivity contribution in [2.24, 2.45) is 0 Å². The van der Waals surface area contributed by atoms with Gasteiger partial charge in [-0.1, -0.05) is 23.2 Å². The van der Waals surface area contributed by atoms with Crippen LogP contribution in [0, 0.1) is 11.3 Å². The maximum absolute atomic E-state index is 12.8. The Labute approximate surface area is 149 Å². The maximum atomic E-state index is 12.8. The van der Waals surface area contributed by atoms with E-state index in [0.29, 0.717) is 12.1 Å². The minimum atomic E-state index is -4.72. The molecule has 1 heterocycles. The van der Waals surface area contributed by atoms with E-state index in [9.17, 15) is 26.2 Å². The highest BCUT2D eigenvalue weighted by Gasteiger charge is 2.47. The van der Waals surface area contributed by atoms with Gasteiger partial charge in [0.05, 0.1) is 5.56 Å². The zero-order valence-electron chi connectivity index (χ0n) is 11.7. The Morgan fingerprint density at radius 2 is 1.80 bits per heavy atom. The summed E-state index contributed by atoms with van der Waals surface area (Å²) in [6.45, 7) is 0. The fraction of sp³-hybridized carbons (Fsp3) is 0.167. The van der Waals surface area contributed by atoms with Gasteiger partial charge in [-0.3, -0.25) is 0 Å². The predicted octanol–water partition coefficient (Wildman–Crippen LogP) is 0.911. The Morgan fingerprint density at radius 1 is 1.28 bits per heavy atom. The number of nitrogens with one attached hydrogen (secondary N) is 2. The largest absolute Gasteiger partial charge is 0.416 e. The number of hydrogen-bond donors (Lipinski definition) is 3. The van der Waals surface area contributed by atoms with E-state index in [1.165, 1.54) is 6.07 Å². The van der Waals surface area contributed by atoms with E-state index in [1.807, 2.05) is 0 Å². The second-order valence-electron chi connectivity index (χ2n) is 4.60. The molecule has 25 heavy (non-hydrogen) atoms. The third-order valence-electron chi connectivity index (χ3n) is 3.09. The number of quaternary nitrogens is 1. The Morgan fingerprint density at radius 3 is 2.20 bits per heavy atom. The molecule has 0 fully saturated rings. The molecule has 1 aliphatic heterocycles. The molecule has 0 spiro atoms. The van der Waals surface area contributed by atoms with Crippen molar-refractivity contribution in [3.63, 3.8) is 0 Å². The number of allylic oxidation sites excluding steroid dienone is 1. The molecule has 0 bridgehead atoms. The molecule has 2 unspecified atom stereocenters. The number of rotatable bonds is 3. The van der Waals surface area contributed by atoms with Crippen molar-refractivity contribution in [3.05, 3.63) is 38.3 Å². The highest BCUT2D eigenvalue weighted by molar-refractivity contribution is 7.90. The lowest BCUT2D eigenvalue weighted by Crippen LogP contribution is -3.17. The number of nitriles is 1. The van der Waals surface area contributed by atoms with Crippen LogP contribution in [-0.4, -0.2) is 15.8 Å². The summed E-state index contributed by atoms with van der Waals surface area (Å²) in [6, 6.07) is 2.65. The quantitative estimate of drug-likeness (QED) is 0.635. The van der Waals surface area contributed by atoms with Gasteiger partial charge in [0.2, 0.25) is 10.6 Å². The number of benzene rings is 1. The first kappa shape index (κ1) is 19.6. The third-order valence-corrected chi connectivity index (χ3v) is 4.83. The van der Waals surface area contributed by atoms with Gasteiger partial charge < -0.3 is 0 Å². The molecule has 0 saturated heterocycles. The van der Waals surface area contributed by atoms with Crippen LogP contribution in [-0.2, 0) is 17.0 Å². The topological polar surface area (TPSA) is 82.9 Å². The van der Waals surface area contributed by atoms with Crippen LogP contribution in [0.1, 0.15) is 5.56 Å². The van der Waals surface area contributed by atoms with Crippen molar-refractivity contribution in [3.8, 4) is 6.07 Å². The second kappa shape index (κ2) is 6.87. The van der Waals surface area contributed by atoms with Crippen molar-refractivity contribution in [1.82, 2.24) is 5.43 Å². The smallest absolute Gasteiger partial charge is 0.248 e. The van der Waals surface area contributed by atoms with Gasteiger partial charge in [-0.15, -0.1) is 5.01 Å². The lowest BCUT2D eigenvalue weighted by atomic mass is 10.2. The minimum absolute atomic E-state index is 0.233. The summed E-state index contributed by atoms with van der Waals surface area (Å²) in [5.74, 6) is -3.84. The average molecular weight is 421 g/mol. The molecule has 5 nitrogen and oxygen atoms in total. The molecule has 0 saturated carbocycles. The summed E-state index contributed by atoms with van der Waals surface area (Å²) in [7, 11) is -2.92. The molecule has 1 aromatic rings. The predicted molar refractivity (Wildman–Crippen MR) is 78.9 cm³/mol. The van der Waals surface area contributed by atoms with Crippen molar-refractivity contribution in [2.75, 3.05) is 0 Å². The highest BCUT2D eigenvalue weighted by Crippen LogP contribution is 2.37. The second-order valence-corrected chi connectivity index (χ2v) is 6.77. The Balaban J connectivity index is 2.51. The van der Waals surface area contributed by atoms with Crippen LogP contribution in [0.4, 0.5) is 27.6 Å². The van der Waals surface area contributed by atoms with E-state index >= 15 is 0 Å². The van der Waals surface area contributed by atoms with Crippen LogP contribution >= 0.6 is 23.2 Å². The van der Waals surface area contributed by atoms with Gasteiger partial charge >= 0.3 is 17.8 Å². The van der Waals surface area contributed by atoms with Gasteiger partial charge in [-0.25, -0.2) is 15.0 Å². The van der Waals surface area contributed by atoms with E-state index in [1.54, 1.807) is 0 Å². The van der Waals surface area contributed by atoms with Gasteiger partial charge in [0.25, 0.3) is 0 Å². The SMILES string of the molecule is N#CC1=C(S(=O)C(F)F)C(=[NH2+])[NH+](c2c(Cl)cc(C(F)(F)F)cc2Cl)N1. The summed E-state index contributed by atoms with van der Waals surface area (Å²) in [4.78, 5) is -0.667. The van der Waals surface area contributed by atoms with Crippen molar-refractivity contribution in [2.45, 2.75) is 11.9 Å². The maximum Gasteiger partial charge on any atom is 0.416 e. The number of halogens is 7. The van der Waals surface area contributed by atoms with Crippen LogP contribution in [0.3, 0.4) is 0 Å². The Kier molecular flexibility index (Phi) is 5.38. The molecular formula is C12H7Cl2F5N4OS+2. The molecule has 0 amide bonds. The number of nitrogens with two attached hydrogens (primary N) is 1. The van der Waals surface area contributed by atoms with Gasteiger partial charge in [0.15, 0.2) is 5.70 Å². The average Bonchev–Trinajstić information content (AvgIpc) is 2.81. The van der Waals surface area contributed by atoms with Gasteiger partial charge in [-0.05, 0) is 12.1 Å². The molecule has 2 rings (SSSR count). The summed E-state index contributed by atoms with van der Waals surface area (Å²) in [5, 5.41) is 13.4. The van der Waals surface area contributed by atoms with Crippen molar-refractivity contribution in [1.29, 1.82) is 5.26 Å². The molecular weight excluding hydrogens is 414 g/mol. The molecule has 1 aliphatic rings. The molecule has 0 aliphatic carbocycles.